The van der Waals surface area contributed by atoms with Crippen molar-refractivity contribution in [2.45, 2.75) is 25.4 Å². The SMILES string of the molecule is C=C1CCC(N2Cc3cc(C#N)ccc3C2=O)C(=O)N1. The zero-order valence-corrected chi connectivity index (χ0v) is 10.8. The van der Waals surface area contributed by atoms with Crippen LogP contribution in [0, 0.1) is 11.3 Å². The topological polar surface area (TPSA) is 73.2 Å². The molecule has 3 rings (SSSR count). The van der Waals surface area contributed by atoms with Crippen LogP contribution < -0.4 is 5.32 Å². The molecule has 5 nitrogen and oxygen atoms in total. The number of nitrogens with one attached hydrogen (secondary N) is 1. The van der Waals surface area contributed by atoms with Crippen molar-refractivity contribution < 1.29 is 9.59 Å². The van der Waals surface area contributed by atoms with Gasteiger partial charge in [0, 0.05) is 17.8 Å². The molecule has 1 unspecified atom stereocenters. The summed E-state index contributed by atoms with van der Waals surface area (Å²) in [7, 11) is 0. The van der Waals surface area contributed by atoms with Crippen molar-refractivity contribution in [1.82, 2.24) is 10.2 Å². The molecule has 1 aromatic carbocycles. The van der Waals surface area contributed by atoms with Crippen LogP contribution in [0.1, 0.15) is 34.3 Å². The second-order valence-corrected chi connectivity index (χ2v) is 5.06. The number of rotatable bonds is 1. The summed E-state index contributed by atoms with van der Waals surface area (Å²) < 4.78 is 0. The monoisotopic (exact) mass is 267 g/mol. The summed E-state index contributed by atoms with van der Waals surface area (Å²) in [5, 5.41) is 11.6. The molecule has 0 radical (unpaired) electrons. The molecule has 20 heavy (non-hydrogen) atoms. The quantitative estimate of drug-likeness (QED) is 0.833. The number of amides is 2. The minimum Gasteiger partial charge on any atom is -0.329 e. The van der Waals surface area contributed by atoms with Crippen LogP contribution in [0.4, 0.5) is 0 Å². The molecule has 1 fully saturated rings. The molecule has 2 amide bonds. The summed E-state index contributed by atoms with van der Waals surface area (Å²) in [5.74, 6) is -0.319. The number of carbonyl (C=O) groups is 2. The van der Waals surface area contributed by atoms with Gasteiger partial charge in [0.2, 0.25) is 5.91 Å². The maximum absolute atomic E-state index is 12.4. The second kappa shape index (κ2) is 4.49. The van der Waals surface area contributed by atoms with E-state index < -0.39 is 6.04 Å². The summed E-state index contributed by atoms with van der Waals surface area (Å²) in [6, 6.07) is 6.61. The first-order chi connectivity index (χ1) is 9.60. The number of allylic oxidation sites excluding steroid dienone is 1. The first-order valence-electron chi connectivity index (χ1n) is 6.43. The molecule has 0 bridgehead atoms. The molecule has 2 aliphatic heterocycles. The number of benzene rings is 1. The average molecular weight is 267 g/mol. The summed E-state index contributed by atoms with van der Waals surface area (Å²) in [6.45, 7) is 4.12. The normalized spacial score (nSPS) is 21.4. The lowest BCUT2D eigenvalue weighted by Crippen LogP contribution is -2.49. The minimum atomic E-state index is -0.453. The minimum absolute atomic E-state index is 0.142. The van der Waals surface area contributed by atoms with Gasteiger partial charge in [-0.1, -0.05) is 6.58 Å². The predicted octanol–water partition coefficient (Wildman–Crippen LogP) is 1.31. The maximum Gasteiger partial charge on any atom is 0.255 e. The van der Waals surface area contributed by atoms with Gasteiger partial charge >= 0.3 is 0 Å². The molecule has 0 aromatic heterocycles. The molecule has 0 saturated carbocycles. The highest BCUT2D eigenvalue weighted by atomic mass is 16.2. The van der Waals surface area contributed by atoms with E-state index in [0.29, 0.717) is 36.2 Å². The summed E-state index contributed by atoms with van der Waals surface area (Å²) >= 11 is 0. The third-order valence-electron chi connectivity index (χ3n) is 3.76. The number of nitrogens with zero attached hydrogens (tertiary/aromatic N) is 2. The van der Waals surface area contributed by atoms with Gasteiger partial charge in [0.25, 0.3) is 5.91 Å². The molecule has 0 spiro atoms. The number of carbonyl (C=O) groups excluding carboxylic acids is 2. The Bertz CT molecular complexity index is 672. The lowest BCUT2D eigenvalue weighted by Gasteiger charge is -2.30. The first kappa shape index (κ1) is 12.4. The molecule has 5 heteroatoms. The van der Waals surface area contributed by atoms with Crippen LogP contribution in [0.25, 0.3) is 0 Å². The molecule has 0 aliphatic carbocycles. The third-order valence-corrected chi connectivity index (χ3v) is 3.76. The van der Waals surface area contributed by atoms with Crippen LogP contribution in [0.15, 0.2) is 30.5 Å². The van der Waals surface area contributed by atoms with Crippen LogP contribution in [0.2, 0.25) is 0 Å². The van der Waals surface area contributed by atoms with Crippen molar-refractivity contribution in [2.75, 3.05) is 0 Å². The number of nitriles is 1. The van der Waals surface area contributed by atoms with Gasteiger partial charge in [-0.15, -0.1) is 0 Å². The van der Waals surface area contributed by atoms with E-state index in [1.165, 1.54) is 0 Å². The van der Waals surface area contributed by atoms with Gasteiger partial charge in [-0.2, -0.15) is 5.26 Å². The largest absolute Gasteiger partial charge is 0.329 e. The van der Waals surface area contributed by atoms with E-state index in [4.69, 9.17) is 5.26 Å². The van der Waals surface area contributed by atoms with Gasteiger partial charge in [0.15, 0.2) is 0 Å². The Morgan fingerprint density at radius 1 is 1.40 bits per heavy atom. The van der Waals surface area contributed by atoms with Gasteiger partial charge in [-0.3, -0.25) is 9.59 Å². The van der Waals surface area contributed by atoms with Gasteiger partial charge in [-0.25, -0.2) is 0 Å². The van der Waals surface area contributed by atoms with E-state index >= 15 is 0 Å². The Kier molecular flexibility index (Phi) is 2.79. The highest BCUT2D eigenvalue weighted by Crippen LogP contribution is 2.28. The van der Waals surface area contributed by atoms with Gasteiger partial charge in [0.1, 0.15) is 6.04 Å². The van der Waals surface area contributed by atoms with Gasteiger partial charge in [-0.05, 0) is 36.6 Å². The zero-order valence-electron chi connectivity index (χ0n) is 10.8. The fraction of sp³-hybridized carbons (Fsp3) is 0.267. The number of fused-ring (bicyclic) bond motifs is 1. The van der Waals surface area contributed by atoms with Gasteiger partial charge in [0.05, 0.1) is 11.6 Å². The van der Waals surface area contributed by atoms with Crippen molar-refractivity contribution in [1.29, 1.82) is 5.26 Å². The Labute approximate surface area is 116 Å². The highest BCUT2D eigenvalue weighted by Gasteiger charge is 2.37. The highest BCUT2D eigenvalue weighted by molar-refractivity contribution is 6.01. The number of piperidine rings is 1. The zero-order chi connectivity index (χ0) is 14.3. The van der Waals surface area contributed by atoms with Crippen molar-refractivity contribution in [3.63, 3.8) is 0 Å². The second-order valence-electron chi connectivity index (χ2n) is 5.06. The fourth-order valence-corrected chi connectivity index (χ4v) is 2.72. The average Bonchev–Trinajstić information content (AvgIpc) is 2.75. The predicted molar refractivity (Wildman–Crippen MR) is 71.3 cm³/mol. The lowest BCUT2D eigenvalue weighted by molar-refractivity contribution is -0.126. The number of hydrogen-bond acceptors (Lipinski definition) is 3. The van der Waals surface area contributed by atoms with Crippen LogP contribution in [0.3, 0.4) is 0 Å². The standard InChI is InChI=1S/C15H13N3O2/c1-9-2-5-13(14(19)17-9)18-8-11-6-10(7-16)3-4-12(11)15(18)20/h3-4,6,13H,1-2,5,8H2,(H,17,19). The van der Waals surface area contributed by atoms with E-state index in [9.17, 15) is 9.59 Å². The molecular weight excluding hydrogens is 254 g/mol. The summed E-state index contributed by atoms with van der Waals surface area (Å²) in [5.41, 5.74) is 2.62. The smallest absolute Gasteiger partial charge is 0.255 e. The van der Waals surface area contributed by atoms with Crippen molar-refractivity contribution >= 4 is 11.8 Å². The van der Waals surface area contributed by atoms with E-state index in [2.05, 4.69) is 18.0 Å². The van der Waals surface area contributed by atoms with E-state index in [1.807, 2.05) is 0 Å². The molecule has 100 valence electrons. The van der Waals surface area contributed by atoms with Crippen molar-refractivity contribution in [3.8, 4) is 6.07 Å². The molecular formula is C15H13N3O2. The molecule has 1 aromatic rings. The maximum atomic E-state index is 12.4. The molecule has 1 N–H and O–H groups in total. The Balaban J connectivity index is 1.88. The van der Waals surface area contributed by atoms with Crippen LogP contribution in [-0.2, 0) is 11.3 Å². The third kappa shape index (κ3) is 1.86. The van der Waals surface area contributed by atoms with E-state index in [1.54, 1.807) is 23.1 Å². The van der Waals surface area contributed by atoms with Crippen LogP contribution in [-0.4, -0.2) is 22.8 Å². The fourth-order valence-electron chi connectivity index (χ4n) is 2.72. The molecule has 2 heterocycles. The molecule has 1 saturated heterocycles. The lowest BCUT2D eigenvalue weighted by atomic mass is 10.0. The van der Waals surface area contributed by atoms with Crippen molar-refractivity contribution in [2.24, 2.45) is 0 Å². The van der Waals surface area contributed by atoms with Crippen LogP contribution in [0.5, 0.6) is 0 Å². The Morgan fingerprint density at radius 3 is 2.90 bits per heavy atom. The van der Waals surface area contributed by atoms with E-state index in [-0.39, 0.29) is 11.8 Å². The first-order valence-corrected chi connectivity index (χ1v) is 6.43. The van der Waals surface area contributed by atoms with Crippen LogP contribution >= 0.6 is 0 Å². The molecule has 2 aliphatic rings. The Hall–Kier alpha value is -2.61. The molecule has 1 atom stereocenters. The Morgan fingerprint density at radius 2 is 2.20 bits per heavy atom. The summed E-state index contributed by atoms with van der Waals surface area (Å²) in [4.78, 5) is 25.9. The van der Waals surface area contributed by atoms with E-state index in [0.717, 1.165) is 5.56 Å². The van der Waals surface area contributed by atoms with Crippen molar-refractivity contribution in [3.05, 3.63) is 47.2 Å². The summed E-state index contributed by atoms with van der Waals surface area (Å²) in [6.07, 6.45) is 1.27. The number of hydrogen-bond donors (Lipinski definition) is 1. The van der Waals surface area contributed by atoms with Gasteiger partial charge < -0.3 is 10.2 Å².